The highest BCUT2D eigenvalue weighted by atomic mass is 28.2. The van der Waals surface area contributed by atoms with E-state index >= 15 is 0 Å². The summed E-state index contributed by atoms with van der Waals surface area (Å²) in [5.74, 6) is 0.726. The van der Waals surface area contributed by atoms with Crippen molar-refractivity contribution in [2.24, 2.45) is 5.92 Å². The molecule has 0 aliphatic rings. The van der Waals surface area contributed by atoms with E-state index in [0.29, 0.717) is 11.6 Å². The second-order valence-electron chi connectivity index (χ2n) is 4.18. The molecule has 0 heterocycles. The number of ether oxygens (including phenoxy) is 1. The predicted molar refractivity (Wildman–Crippen MR) is 53.9 cm³/mol. The van der Waals surface area contributed by atoms with E-state index < -0.39 is 0 Å². The van der Waals surface area contributed by atoms with Gasteiger partial charge in [0, 0.05) is 9.52 Å². The molecule has 0 aromatic carbocycles. The van der Waals surface area contributed by atoms with Gasteiger partial charge in [0.1, 0.15) is 0 Å². The third kappa shape index (κ3) is 4.54. The lowest BCUT2D eigenvalue weighted by molar-refractivity contribution is 0.294. The summed E-state index contributed by atoms with van der Waals surface area (Å²) in [6.45, 7) is 11.1. The van der Waals surface area contributed by atoms with Crippen molar-refractivity contribution < 1.29 is 9.53 Å². The van der Waals surface area contributed by atoms with Crippen molar-refractivity contribution in [3.63, 3.8) is 0 Å². The first-order chi connectivity index (χ1) is 5.50. The number of hydrogen-bond donors (Lipinski definition) is 0. The SMILES string of the molecule is CC(C)C(C)(C)[SiH2]CCO[C]=O. The molecule has 0 saturated heterocycles. The molecule has 0 aliphatic carbocycles. The van der Waals surface area contributed by atoms with Gasteiger partial charge in [0.25, 0.3) is 0 Å². The van der Waals surface area contributed by atoms with E-state index in [0.717, 1.165) is 12.0 Å². The first-order valence-corrected chi connectivity index (χ1v) is 6.20. The Bertz CT molecular complexity index is 132. The van der Waals surface area contributed by atoms with E-state index in [2.05, 4.69) is 32.4 Å². The van der Waals surface area contributed by atoms with Gasteiger partial charge in [0.2, 0.25) is 0 Å². The van der Waals surface area contributed by atoms with Gasteiger partial charge in [-0.15, -0.1) is 0 Å². The van der Waals surface area contributed by atoms with Crippen molar-refractivity contribution >= 4 is 16.0 Å². The molecule has 0 N–H and O–H groups in total. The van der Waals surface area contributed by atoms with Gasteiger partial charge < -0.3 is 4.74 Å². The number of hydrogen-bond acceptors (Lipinski definition) is 2. The Balaban J connectivity index is 3.54. The lowest BCUT2D eigenvalue weighted by Crippen LogP contribution is -2.20. The van der Waals surface area contributed by atoms with Gasteiger partial charge in [0.15, 0.2) is 0 Å². The molecule has 0 aromatic rings. The molecule has 0 atom stereocenters. The van der Waals surface area contributed by atoms with Gasteiger partial charge in [-0.2, -0.15) is 0 Å². The first kappa shape index (κ1) is 11.7. The average molecular weight is 187 g/mol. The Morgan fingerprint density at radius 2 is 2.08 bits per heavy atom. The lowest BCUT2D eigenvalue weighted by atomic mass is 9.99. The van der Waals surface area contributed by atoms with E-state index in [9.17, 15) is 4.79 Å². The minimum absolute atomic E-state index is 0.132. The fourth-order valence-electron chi connectivity index (χ4n) is 0.930. The Hall–Kier alpha value is -0.313. The van der Waals surface area contributed by atoms with Crippen LogP contribution in [0.1, 0.15) is 27.7 Å². The van der Waals surface area contributed by atoms with Crippen molar-refractivity contribution in [2.75, 3.05) is 6.61 Å². The number of carbonyl (C=O) groups excluding carboxylic acids is 1. The smallest absolute Gasteiger partial charge is 0.417 e. The fraction of sp³-hybridized carbons (Fsp3) is 0.889. The Kier molecular flexibility index (Phi) is 5.21. The third-order valence-electron chi connectivity index (χ3n) is 2.69. The molecular formula is C9H19O2Si. The van der Waals surface area contributed by atoms with Crippen LogP contribution < -0.4 is 0 Å². The second kappa shape index (κ2) is 5.35. The van der Waals surface area contributed by atoms with E-state index in [1.54, 1.807) is 0 Å². The molecule has 12 heavy (non-hydrogen) atoms. The van der Waals surface area contributed by atoms with E-state index in [4.69, 9.17) is 0 Å². The molecule has 3 heteroatoms. The Labute approximate surface area is 77.5 Å². The third-order valence-corrected chi connectivity index (χ3v) is 5.44. The normalized spacial score (nSPS) is 12.8. The zero-order valence-electron chi connectivity index (χ0n) is 8.52. The summed E-state index contributed by atoms with van der Waals surface area (Å²) >= 11 is 0. The molecule has 0 aliphatic heterocycles. The summed E-state index contributed by atoms with van der Waals surface area (Å²) in [5.41, 5.74) is 0. The van der Waals surface area contributed by atoms with Gasteiger partial charge in [0.05, 0.1) is 6.61 Å². The van der Waals surface area contributed by atoms with Crippen LogP contribution in [0.15, 0.2) is 0 Å². The molecule has 0 rings (SSSR count). The highest BCUT2D eigenvalue weighted by molar-refractivity contribution is 6.39. The summed E-state index contributed by atoms with van der Waals surface area (Å²) in [5, 5.41) is 0.478. The zero-order chi connectivity index (χ0) is 9.61. The molecule has 0 bridgehead atoms. The van der Waals surface area contributed by atoms with Crippen LogP contribution in [0, 0.1) is 5.92 Å². The van der Waals surface area contributed by atoms with Crippen LogP contribution in [0.2, 0.25) is 11.1 Å². The molecule has 0 fully saturated rings. The summed E-state index contributed by atoms with van der Waals surface area (Å²) < 4.78 is 4.54. The first-order valence-electron chi connectivity index (χ1n) is 4.49. The Morgan fingerprint density at radius 3 is 2.50 bits per heavy atom. The van der Waals surface area contributed by atoms with Crippen molar-refractivity contribution in [1.82, 2.24) is 0 Å². The molecule has 1 radical (unpaired) electrons. The molecule has 0 amide bonds. The monoisotopic (exact) mass is 187 g/mol. The largest absolute Gasteiger partial charge is 0.458 e. The van der Waals surface area contributed by atoms with E-state index in [-0.39, 0.29) is 9.52 Å². The minimum Gasteiger partial charge on any atom is -0.458 e. The van der Waals surface area contributed by atoms with Crippen molar-refractivity contribution in [2.45, 2.75) is 38.8 Å². The maximum Gasteiger partial charge on any atom is 0.417 e. The molecule has 0 saturated carbocycles. The van der Waals surface area contributed by atoms with Crippen LogP contribution in [0.4, 0.5) is 0 Å². The molecule has 2 nitrogen and oxygen atoms in total. The fourth-order valence-corrected chi connectivity index (χ4v) is 2.71. The van der Waals surface area contributed by atoms with Gasteiger partial charge in [-0.25, -0.2) is 4.79 Å². The average Bonchev–Trinajstić information content (AvgIpc) is 1.98. The van der Waals surface area contributed by atoms with Crippen LogP contribution in [-0.2, 0) is 9.53 Å². The standard InChI is InChI=1S/C9H19O2Si/c1-8(2)9(3,4)12-6-5-11-7-10/h8H,5-6,12H2,1-4H3. The summed E-state index contributed by atoms with van der Waals surface area (Å²) in [7, 11) is -0.132. The zero-order valence-corrected chi connectivity index (χ0v) is 9.93. The molecular weight excluding hydrogens is 168 g/mol. The van der Waals surface area contributed by atoms with Crippen LogP contribution in [0.5, 0.6) is 0 Å². The summed E-state index contributed by atoms with van der Waals surface area (Å²) in [4.78, 5) is 9.73. The van der Waals surface area contributed by atoms with Gasteiger partial charge in [-0.3, -0.25) is 0 Å². The quantitative estimate of drug-likeness (QED) is 0.465. The molecule has 0 spiro atoms. The van der Waals surface area contributed by atoms with Crippen LogP contribution in [0.3, 0.4) is 0 Å². The van der Waals surface area contributed by atoms with Gasteiger partial charge in [-0.1, -0.05) is 27.7 Å². The molecule has 0 aromatic heterocycles. The van der Waals surface area contributed by atoms with Gasteiger partial charge in [-0.05, 0) is 17.0 Å². The highest BCUT2D eigenvalue weighted by Gasteiger charge is 2.21. The van der Waals surface area contributed by atoms with Crippen LogP contribution in [-0.4, -0.2) is 22.6 Å². The summed E-state index contributed by atoms with van der Waals surface area (Å²) in [6, 6.07) is 1.07. The van der Waals surface area contributed by atoms with E-state index in [1.165, 1.54) is 6.47 Å². The number of rotatable bonds is 6. The topological polar surface area (TPSA) is 26.3 Å². The van der Waals surface area contributed by atoms with Crippen molar-refractivity contribution in [3.05, 3.63) is 0 Å². The Morgan fingerprint density at radius 1 is 1.50 bits per heavy atom. The second-order valence-corrected chi connectivity index (χ2v) is 7.21. The van der Waals surface area contributed by atoms with Crippen molar-refractivity contribution in [1.29, 1.82) is 0 Å². The summed E-state index contributed by atoms with van der Waals surface area (Å²) in [6.07, 6.45) is 0. The lowest BCUT2D eigenvalue weighted by Gasteiger charge is -2.28. The molecule has 71 valence electrons. The van der Waals surface area contributed by atoms with Gasteiger partial charge >= 0.3 is 6.47 Å². The minimum atomic E-state index is -0.132. The predicted octanol–water partition coefficient (Wildman–Crippen LogP) is 1.51. The van der Waals surface area contributed by atoms with Crippen molar-refractivity contribution in [3.8, 4) is 0 Å². The molecule has 0 unspecified atom stereocenters. The van der Waals surface area contributed by atoms with E-state index in [1.807, 2.05) is 0 Å². The van der Waals surface area contributed by atoms with Crippen LogP contribution >= 0.6 is 0 Å². The maximum atomic E-state index is 9.73. The highest BCUT2D eigenvalue weighted by Crippen LogP contribution is 2.33. The maximum absolute atomic E-state index is 9.73. The van der Waals surface area contributed by atoms with Crippen LogP contribution in [0.25, 0.3) is 0 Å².